The Bertz CT molecular complexity index is 1430. The Morgan fingerprint density at radius 1 is 1.20 bits per heavy atom. The highest BCUT2D eigenvalue weighted by molar-refractivity contribution is 6.01. The number of rotatable bonds is 7. The van der Waals surface area contributed by atoms with Gasteiger partial charge in [0.25, 0.3) is 0 Å². The minimum absolute atomic E-state index is 0.0439. The topological polar surface area (TPSA) is 127 Å². The van der Waals surface area contributed by atoms with Crippen LogP contribution in [0.3, 0.4) is 0 Å². The van der Waals surface area contributed by atoms with Crippen molar-refractivity contribution in [3.05, 3.63) is 66.6 Å². The van der Waals surface area contributed by atoms with Crippen LogP contribution in [0.25, 0.3) is 22.2 Å². The number of ether oxygens (including phenoxy) is 1. The van der Waals surface area contributed by atoms with Crippen molar-refractivity contribution in [1.29, 1.82) is 0 Å². The fourth-order valence-corrected chi connectivity index (χ4v) is 3.75. The quantitative estimate of drug-likeness (QED) is 0.374. The number of pyridine rings is 1. The van der Waals surface area contributed by atoms with Gasteiger partial charge in [-0.25, -0.2) is 4.98 Å². The second-order valence-electron chi connectivity index (χ2n) is 8.41. The lowest BCUT2D eigenvalue weighted by molar-refractivity contribution is -0.129. The zero-order valence-electron chi connectivity index (χ0n) is 19.5. The van der Waals surface area contributed by atoms with Crippen molar-refractivity contribution in [3.63, 3.8) is 0 Å². The molecule has 35 heavy (non-hydrogen) atoms. The number of likely N-dealkylation sites (N-methyl/N-ethyl adjacent to an activating group) is 1. The highest BCUT2D eigenvalue weighted by Crippen LogP contribution is 2.33. The van der Waals surface area contributed by atoms with E-state index in [2.05, 4.69) is 32.8 Å². The second-order valence-corrected chi connectivity index (χ2v) is 8.41. The van der Waals surface area contributed by atoms with E-state index in [0.29, 0.717) is 23.1 Å². The van der Waals surface area contributed by atoms with E-state index < -0.39 is 0 Å². The number of nitrogens with one attached hydrogen (secondary N) is 2. The Morgan fingerprint density at radius 3 is 2.77 bits per heavy atom. The molecular formula is C25H26N8O2. The van der Waals surface area contributed by atoms with Gasteiger partial charge >= 0.3 is 0 Å². The van der Waals surface area contributed by atoms with Crippen molar-refractivity contribution in [3.8, 4) is 17.0 Å². The molecule has 4 N–H and O–H groups in total. The number of aromatic nitrogens is 5. The van der Waals surface area contributed by atoms with E-state index in [-0.39, 0.29) is 12.5 Å². The van der Waals surface area contributed by atoms with Crippen LogP contribution in [-0.2, 0) is 11.3 Å². The van der Waals surface area contributed by atoms with Gasteiger partial charge in [-0.05, 0) is 49.3 Å². The summed E-state index contributed by atoms with van der Waals surface area (Å²) in [6, 6.07) is 11.3. The summed E-state index contributed by atoms with van der Waals surface area (Å²) in [6.45, 7) is 0.157. The number of nitrogens with two attached hydrogens (primary N) is 1. The molecule has 0 radical (unpaired) electrons. The number of hydrogen-bond donors (Lipinski definition) is 3. The van der Waals surface area contributed by atoms with Gasteiger partial charge in [0.05, 0.1) is 16.6 Å². The lowest BCUT2D eigenvalue weighted by Gasteiger charge is -2.11. The molecule has 0 saturated carbocycles. The SMILES string of the molecule is CN(C)C(=O)Cn1ccc(Nc2cc3[nH]nc(N)c3c(-c3ccc(OC4=CCCC=C4)cc3)n2)n1. The highest BCUT2D eigenvalue weighted by Gasteiger charge is 2.15. The molecule has 0 unspecified atom stereocenters. The predicted octanol–water partition coefficient (Wildman–Crippen LogP) is 3.85. The molecule has 0 aliphatic heterocycles. The average Bonchev–Trinajstić information content (AvgIpc) is 3.45. The minimum Gasteiger partial charge on any atom is -0.458 e. The number of nitrogen functional groups attached to an aromatic ring is 1. The van der Waals surface area contributed by atoms with Crippen molar-refractivity contribution >= 4 is 34.3 Å². The van der Waals surface area contributed by atoms with E-state index >= 15 is 0 Å². The fraction of sp³-hybridized carbons (Fsp3) is 0.200. The Kier molecular flexibility index (Phi) is 5.92. The van der Waals surface area contributed by atoms with E-state index in [1.807, 2.05) is 36.4 Å². The van der Waals surface area contributed by atoms with Crippen LogP contribution in [0.15, 0.2) is 66.6 Å². The molecule has 3 heterocycles. The molecule has 10 heteroatoms. The first-order valence-electron chi connectivity index (χ1n) is 11.3. The lowest BCUT2D eigenvalue weighted by Crippen LogP contribution is -2.26. The number of anilines is 3. The maximum atomic E-state index is 12.0. The number of hydrogen-bond acceptors (Lipinski definition) is 7. The normalized spacial score (nSPS) is 13.0. The van der Waals surface area contributed by atoms with Crippen molar-refractivity contribution in [2.45, 2.75) is 19.4 Å². The van der Waals surface area contributed by atoms with Crippen LogP contribution in [0.2, 0.25) is 0 Å². The molecule has 1 aromatic carbocycles. The van der Waals surface area contributed by atoms with Crippen LogP contribution >= 0.6 is 0 Å². The summed E-state index contributed by atoms with van der Waals surface area (Å²) in [5.74, 6) is 3.06. The largest absolute Gasteiger partial charge is 0.458 e. The Hall–Kier alpha value is -4.60. The maximum Gasteiger partial charge on any atom is 0.243 e. The summed E-state index contributed by atoms with van der Waals surface area (Å²) in [5.41, 5.74) is 8.45. The number of allylic oxidation sites excluding steroid dienone is 3. The smallest absolute Gasteiger partial charge is 0.243 e. The Balaban J connectivity index is 1.41. The van der Waals surface area contributed by atoms with E-state index in [0.717, 1.165) is 40.8 Å². The van der Waals surface area contributed by atoms with E-state index in [1.54, 1.807) is 31.0 Å². The number of benzene rings is 1. The third-order valence-electron chi connectivity index (χ3n) is 5.59. The van der Waals surface area contributed by atoms with Crippen molar-refractivity contribution < 1.29 is 9.53 Å². The molecule has 178 valence electrons. The first-order chi connectivity index (χ1) is 17.0. The number of nitrogens with zero attached hydrogens (tertiary/aromatic N) is 5. The van der Waals surface area contributed by atoms with Crippen LogP contribution in [-0.4, -0.2) is 49.9 Å². The monoisotopic (exact) mass is 470 g/mol. The van der Waals surface area contributed by atoms with Crippen molar-refractivity contribution in [2.24, 2.45) is 0 Å². The van der Waals surface area contributed by atoms with Gasteiger partial charge in [-0.2, -0.15) is 10.2 Å². The molecule has 1 aliphatic carbocycles. The molecule has 1 aliphatic rings. The standard InChI is InChI=1S/C25H26N8O2/c1-32(2)22(34)15-33-13-12-20(31-33)27-21-14-19-23(25(26)30-29-19)24(28-21)16-8-10-18(11-9-16)35-17-6-4-3-5-7-17/h4,6-14H,3,5,15H2,1-2H3,(H3,26,29,30)(H,27,28,31). The predicted molar refractivity (Wildman–Crippen MR) is 135 cm³/mol. The number of amides is 1. The van der Waals surface area contributed by atoms with E-state index in [4.69, 9.17) is 15.5 Å². The first-order valence-corrected chi connectivity index (χ1v) is 11.3. The van der Waals surface area contributed by atoms with Gasteiger partial charge in [0, 0.05) is 38.0 Å². The molecule has 0 atom stereocenters. The van der Waals surface area contributed by atoms with Gasteiger partial charge in [0.15, 0.2) is 11.6 Å². The third kappa shape index (κ3) is 4.86. The van der Waals surface area contributed by atoms with Gasteiger partial charge in [-0.3, -0.25) is 14.6 Å². The number of carbonyl (C=O) groups excluding carboxylic acids is 1. The fourth-order valence-electron chi connectivity index (χ4n) is 3.75. The molecule has 0 bridgehead atoms. The van der Waals surface area contributed by atoms with Crippen molar-refractivity contribution in [1.82, 2.24) is 29.9 Å². The summed E-state index contributed by atoms with van der Waals surface area (Å²) in [6.07, 6.45) is 9.94. The zero-order valence-corrected chi connectivity index (χ0v) is 19.5. The molecule has 5 rings (SSSR count). The molecular weight excluding hydrogens is 444 g/mol. The lowest BCUT2D eigenvalue weighted by atomic mass is 10.1. The van der Waals surface area contributed by atoms with E-state index in [1.165, 1.54) is 4.90 Å². The molecule has 3 aromatic heterocycles. The average molecular weight is 471 g/mol. The maximum absolute atomic E-state index is 12.0. The summed E-state index contributed by atoms with van der Waals surface area (Å²) in [5, 5.41) is 15.5. The van der Waals surface area contributed by atoms with Crippen LogP contribution < -0.4 is 15.8 Å². The Morgan fingerprint density at radius 2 is 2.03 bits per heavy atom. The van der Waals surface area contributed by atoms with Gasteiger partial charge in [-0.1, -0.05) is 6.08 Å². The van der Waals surface area contributed by atoms with Gasteiger partial charge in [0.2, 0.25) is 5.91 Å². The summed E-state index contributed by atoms with van der Waals surface area (Å²) in [4.78, 5) is 18.3. The molecule has 1 amide bonds. The highest BCUT2D eigenvalue weighted by atomic mass is 16.5. The molecule has 0 spiro atoms. The van der Waals surface area contributed by atoms with Crippen LogP contribution in [0.4, 0.5) is 17.5 Å². The number of fused-ring (bicyclic) bond motifs is 1. The zero-order chi connectivity index (χ0) is 24.4. The number of H-pyrrole nitrogens is 1. The first kappa shape index (κ1) is 22.2. The number of aromatic amines is 1. The summed E-state index contributed by atoms with van der Waals surface area (Å²) < 4.78 is 7.53. The molecule has 0 saturated heterocycles. The minimum atomic E-state index is -0.0439. The summed E-state index contributed by atoms with van der Waals surface area (Å²) in [7, 11) is 3.43. The van der Waals surface area contributed by atoms with Crippen LogP contribution in [0.5, 0.6) is 5.75 Å². The second kappa shape index (κ2) is 9.34. The van der Waals surface area contributed by atoms with Crippen molar-refractivity contribution in [2.75, 3.05) is 25.1 Å². The van der Waals surface area contributed by atoms with Gasteiger partial charge in [0.1, 0.15) is 23.9 Å². The molecule has 4 aromatic rings. The van der Waals surface area contributed by atoms with Crippen LogP contribution in [0.1, 0.15) is 12.8 Å². The van der Waals surface area contributed by atoms with Gasteiger partial charge < -0.3 is 20.7 Å². The third-order valence-corrected chi connectivity index (χ3v) is 5.59. The molecule has 10 nitrogen and oxygen atoms in total. The number of carbonyl (C=O) groups is 1. The van der Waals surface area contributed by atoms with Gasteiger partial charge in [-0.15, -0.1) is 0 Å². The van der Waals surface area contributed by atoms with E-state index in [9.17, 15) is 4.79 Å². The Labute approximate surface area is 202 Å². The summed E-state index contributed by atoms with van der Waals surface area (Å²) >= 11 is 0. The van der Waals surface area contributed by atoms with Crippen LogP contribution in [0, 0.1) is 0 Å². The molecule has 0 fully saturated rings.